The van der Waals surface area contributed by atoms with Gasteiger partial charge in [0.2, 0.25) is 0 Å². The maximum Gasteiger partial charge on any atom is 0.343 e. The zero-order valence-corrected chi connectivity index (χ0v) is 16.1. The Morgan fingerprint density at radius 1 is 0.667 bits per heavy atom. The first-order valence-corrected chi connectivity index (χ1v) is 9.74. The Morgan fingerprint density at radius 2 is 1.27 bits per heavy atom. The summed E-state index contributed by atoms with van der Waals surface area (Å²) in [5, 5.41) is 0.901. The van der Waals surface area contributed by atoms with Crippen LogP contribution >= 0.6 is 0 Å². The Labute approximate surface area is 174 Å². The SMILES string of the molecule is O=C(Oc1ccc2oc(-c3ccccc3)c(-c3ccccc3)c2c1)c1ccccc1. The molecule has 0 N–H and O–H groups in total. The standard InChI is InChI=1S/C27H18O3/c28-27(21-14-8-3-9-15-21)29-22-16-17-24-23(18-22)25(19-10-4-1-5-11-19)26(30-24)20-12-6-2-7-13-20/h1-18H. The molecule has 0 fully saturated rings. The summed E-state index contributed by atoms with van der Waals surface area (Å²) in [5.41, 5.74) is 4.27. The molecule has 0 atom stereocenters. The minimum absolute atomic E-state index is 0.386. The van der Waals surface area contributed by atoms with Crippen molar-refractivity contribution in [1.82, 2.24) is 0 Å². The normalized spacial score (nSPS) is 10.8. The van der Waals surface area contributed by atoms with Crippen molar-refractivity contribution in [3.8, 4) is 28.2 Å². The van der Waals surface area contributed by atoms with Gasteiger partial charge in [-0.25, -0.2) is 4.79 Å². The third-order valence-corrected chi connectivity index (χ3v) is 4.98. The van der Waals surface area contributed by atoms with E-state index in [1.54, 1.807) is 18.2 Å². The van der Waals surface area contributed by atoms with Gasteiger partial charge in [-0.05, 0) is 35.9 Å². The van der Waals surface area contributed by atoms with E-state index >= 15 is 0 Å². The lowest BCUT2D eigenvalue weighted by Gasteiger charge is -2.06. The molecule has 0 radical (unpaired) electrons. The minimum Gasteiger partial charge on any atom is -0.455 e. The van der Waals surface area contributed by atoms with Crippen molar-refractivity contribution in [3.05, 3.63) is 115 Å². The number of carbonyl (C=O) groups is 1. The summed E-state index contributed by atoms with van der Waals surface area (Å²) >= 11 is 0. The van der Waals surface area contributed by atoms with Crippen molar-refractivity contribution >= 4 is 16.9 Å². The molecule has 144 valence electrons. The van der Waals surface area contributed by atoms with Gasteiger partial charge in [-0.15, -0.1) is 0 Å². The van der Waals surface area contributed by atoms with Gasteiger partial charge in [-0.1, -0.05) is 78.9 Å². The number of carbonyl (C=O) groups excluding carboxylic acids is 1. The molecular formula is C27H18O3. The van der Waals surface area contributed by atoms with Crippen LogP contribution in [0.15, 0.2) is 114 Å². The average Bonchev–Trinajstić information content (AvgIpc) is 3.19. The van der Waals surface area contributed by atoms with Crippen LogP contribution in [0.25, 0.3) is 33.4 Å². The molecule has 0 aliphatic heterocycles. The van der Waals surface area contributed by atoms with E-state index < -0.39 is 0 Å². The summed E-state index contributed by atoms with van der Waals surface area (Å²) in [5.74, 6) is 0.889. The molecule has 5 aromatic rings. The highest BCUT2D eigenvalue weighted by molar-refractivity contribution is 6.02. The first kappa shape index (κ1) is 18.0. The second-order valence-electron chi connectivity index (χ2n) is 6.95. The first-order chi connectivity index (χ1) is 14.8. The van der Waals surface area contributed by atoms with Gasteiger partial charge in [0.05, 0.1) is 5.56 Å². The zero-order valence-electron chi connectivity index (χ0n) is 16.1. The Balaban J connectivity index is 1.63. The van der Waals surface area contributed by atoms with Gasteiger partial charge < -0.3 is 9.15 Å². The van der Waals surface area contributed by atoms with E-state index in [4.69, 9.17) is 9.15 Å². The highest BCUT2D eigenvalue weighted by Gasteiger charge is 2.19. The fourth-order valence-electron chi connectivity index (χ4n) is 3.56. The van der Waals surface area contributed by atoms with E-state index in [1.807, 2.05) is 78.9 Å². The van der Waals surface area contributed by atoms with Crippen molar-refractivity contribution in [2.45, 2.75) is 0 Å². The second kappa shape index (κ2) is 7.72. The highest BCUT2D eigenvalue weighted by atomic mass is 16.5. The molecule has 0 amide bonds. The van der Waals surface area contributed by atoms with Gasteiger partial charge in [-0.2, -0.15) is 0 Å². The Morgan fingerprint density at radius 3 is 1.93 bits per heavy atom. The van der Waals surface area contributed by atoms with E-state index in [0.29, 0.717) is 11.3 Å². The molecule has 1 heterocycles. The van der Waals surface area contributed by atoms with E-state index in [9.17, 15) is 4.79 Å². The molecule has 0 bridgehead atoms. The van der Waals surface area contributed by atoms with E-state index in [-0.39, 0.29) is 5.97 Å². The summed E-state index contributed by atoms with van der Waals surface area (Å²) < 4.78 is 11.9. The van der Waals surface area contributed by atoms with Crippen molar-refractivity contribution in [2.24, 2.45) is 0 Å². The van der Waals surface area contributed by atoms with Crippen LogP contribution in [0.2, 0.25) is 0 Å². The molecule has 30 heavy (non-hydrogen) atoms. The van der Waals surface area contributed by atoms with Crippen LogP contribution in [-0.2, 0) is 0 Å². The fourth-order valence-corrected chi connectivity index (χ4v) is 3.56. The third kappa shape index (κ3) is 3.38. The predicted molar refractivity (Wildman–Crippen MR) is 118 cm³/mol. The van der Waals surface area contributed by atoms with Crippen LogP contribution < -0.4 is 4.74 Å². The molecule has 0 aliphatic rings. The molecule has 0 saturated carbocycles. The van der Waals surface area contributed by atoms with Gasteiger partial charge in [0, 0.05) is 16.5 Å². The van der Waals surface area contributed by atoms with Crippen LogP contribution in [-0.4, -0.2) is 5.97 Å². The Hall–Kier alpha value is -4.11. The van der Waals surface area contributed by atoms with Crippen molar-refractivity contribution in [1.29, 1.82) is 0 Å². The van der Waals surface area contributed by atoms with Gasteiger partial charge in [0.1, 0.15) is 17.1 Å². The molecule has 1 aromatic heterocycles. The number of benzene rings is 4. The molecule has 0 saturated heterocycles. The lowest BCUT2D eigenvalue weighted by atomic mass is 9.98. The van der Waals surface area contributed by atoms with Crippen LogP contribution in [0.3, 0.4) is 0 Å². The summed E-state index contributed by atoms with van der Waals surface area (Å²) in [6.07, 6.45) is 0. The molecule has 3 heteroatoms. The van der Waals surface area contributed by atoms with Crippen LogP contribution in [0.4, 0.5) is 0 Å². The van der Waals surface area contributed by atoms with Crippen LogP contribution in [0.1, 0.15) is 10.4 Å². The minimum atomic E-state index is -0.386. The molecular weight excluding hydrogens is 372 g/mol. The smallest absolute Gasteiger partial charge is 0.343 e. The molecule has 0 spiro atoms. The molecule has 4 aromatic carbocycles. The van der Waals surface area contributed by atoms with Gasteiger partial charge >= 0.3 is 5.97 Å². The highest BCUT2D eigenvalue weighted by Crippen LogP contribution is 2.41. The van der Waals surface area contributed by atoms with Gasteiger partial charge in [-0.3, -0.25) is 0 Å². The zero-order chi connectivity index (χ0) is 20.3. The third-order valence-electron chi connectivity index (χ3n) is 4.98. The van der Waals surface area contributed by atoms with Gasteiger partial charge in [0.25, 0.3) is 0 Å². The van der Waals surface area contributed by atoms with Crippen LogP contribution in [0.5, 0.6) is 5.75 Å². The van der Waals surface area contributed by atoms with Crippen molar-refractivity contribution < 1.29 is 13.9 Å². The lowest BCUT2D eigenvalue weighted by Crippen LogP contribution is -2.07. The monoisotopic (exact) mass is 390 g/mol. The first-order valence-electron chi connectivity index (χ1n) is 9.74. The number of hydrogen-bond acceptors (Lipinski definition) is 3. The maximum atomic E-state index is 12.5. The molecule has 0 aliphatic carbocycles. The topological polar surface area (TPSA) is 39.4 Å². The van der Waals surface area contributed by atoms with E-state index in [2.05, 4.69) is 12.1 Å². The quantitative estimate of drug-likeness (QED) is 0.245. The average molecular weight is 390 g/mol. The second-order valence-corrected chi connectivity index (χ2v) is 6.95. The Bertz CT molecular complexity index is 1300. The van der Waals surface area contributed by atoms with E-state index in [0.717, 1.165) is 33.4 Å². The number of ether oxygens (including phenoxy) is 1. The summed E-state index contributed by atoms with van der Waals surface area (Å²) in [7, 11) is 0. The largest absolute Gasteiger partial charge is 0.455 e. The molecule has 3 nitrogen and oxygen atoms in total. The fraction of sp³-hybridized carbons (Fsp3) is 0. The summed E-state index contributed by atoms with van der Waals surface area (Å²) in [6.45, 7) is 0. The molecule has 0 unspecified atom stereocenters. The van der Waals surface area contributed by atoms with E-state index in [1.165, 1.54) is 0 Å². The van der Waals surface area contributed by atoms with Crippen molar-refractivity contribution in [3.63, 3.8) is 0 Å². The Kier molecular flexibility index (Phi) is 4.62. The number of hydrogen-bond donors (Lipinski definition) is 0. The lowest BCUT2D eigenvalue weighted by molar-refractivity contribution is 0.0735. The van der Waals surface area contributed by atoms with Crippen LogP contribution in [0, 0.1) is 0 Å². The van der Waals surface area contributed by atoms with Crippen molar-refractivity contribution in [2.75, 3.05) is 0 Å². The summed E-state index contributed by atoms with van der Waals surface area (Å²) in [4.78, 5) is 12.5. The molecule has 5 rings (SSSR count). The van der Waals surface area contributed by atoms with Gasteiger partial charge in [0.15, 0.2) is 0 Å². The number of furan rings is 1. The predicted octanol–water partition coefficient (Wildman–Crippen LogP) is 6.99. The number of fused-ring (bicyclic) bond motifs is 1. The number of rotatable bonds is 4. The number of esters is 1. The maximum absolute atomic E-state index is 12.5. The summed E-state index contributed by atoms with van der Waals surface area (Å²) in [6, 6.07) is 34.6.